The van der Waals surface area contributed by atoms with Gasteiger partial charge in [0.1, 0.15) is 5.82 Å². The lowest BCUT2D eigenvalue weighted by Crippen LogP contribution is -2.35. The highest BCUT2D eigenvalue weighted by Crippen LogP contribution is 2.02. The first-order valence-corrected chi connectivity index (χ1v) is 4.46. The van der Waals surface area contributed by atoms with Crippen molar-refractivity contribution in [2.75, 3.05) is 32.6 Å². The quantitative estimate of drug-likeness (QED) is 0.716. The lowest BCUT2D eigenvalue weighted by atomic mass is 10.4. The molecule has 1 aromatic rings. The van der Waals surface area contributed by atoms with Crippen LogP contribution in [0.3, 0.4) is 0 Å². The van der Waals surface area contributed by atoms with Crippen LogP contribution in [0.25, 0.3) is 0 Å². The Morgan fingerprint density at radius 2 is 2.13 bits per heavy atom. The fourth-order valence-corrected chi connectivity index (χ4v) is 0.992. The Labute approximate surface area is 87.5 Å². The van der Waals surface area contributed by atoms with Crippen LogP contribution in [0, 0.1) is 0 Å². The van der Waals surface area contributed by atoms with Gasteiger partial charge >= 0.3 is 0 Å². The van der Waals surface area contributed by atoms with Gasteiger partial charge < -0.3 is 14.8 Å². The molecule has 0 spiro atoms. The molecule has 0 radical (unpaired) electrons. The molecule has 6 heteroatoms. The van der Waals surface area contributed by atoms with Crippen LogP contribution >= 0.6 is 0 Å². The highest BCUT2D eigenvalue weighted by molar-refractivity contribution is 5.80. The second kappa shape index (κ2) is 4.59. The number of rotatable bonds is 3. The topological polar surface area (TPSA) is 69.3 Å². The summed E-state index contributed by atoms with van der Waals surface area (Å²) in [5, 5.41) is 0. The van der Waals surface area contributed by atoms with Crippen molar-refractivity contribution in [3.05, 3.63) is 22.7 Å². The summed E-state index contributed by atoms with van der Waals surface area (Å²) in [6.07, 6.45) is 1.31. The van der Waals surface area contributed by atoms with Crippen molar-refractivity contribution < 1.29 is 4.79 Å². The van der Waals surface area contributed by atoms with Gasteiger partial charge in [-0.2, -0.15) is 0 Å². The van der Waals surface area contributed by atoms with Gasteiger partial charge in [-0.1, -0.05) is 0 Å². The molecule has 6 nitrogen and oxygen atoms in total. The lowest BCUT2D eigenvalue weighted by Gasteiger charge is -2.19. The Hall–Kier alpha value is -1.85. The maximum atomic E-state index is 11.4. The second-order valence-electron chi connectivity index (χ2n) is 3.41. The number of aromatic nitrogens is 2. The Balaban J connectivity index is 2.73. The van der Waals surface area contributed by atoms with Crippen molar-refractivity contribution >= 4 is 11.7 Å². The fraction of sp³-hybridized carbons (Fsp3) is 0.444. The van der Waals surface area contributed by atoms with Crippen LogP contribution < -0.4 is 10.5 Å². The van der Waals surface area contributed by atoms with E-state index in [9.17, 15) is 9.59 Å². The number of aromatic amines is 1. The molecule has 1 N–H and O–H groups in total. The summed E-state index contributed by atoms with van der Waals surface area (Å²) in [6.45, 7) is 0.198. The number of nitrogens with one attached hydrogen (secondary N) is 1. The molecule has 1 amide bonds. The van der Waals surface area contributed by atoms with Crippen LogP contribution in [-0.4, -0.2) is 48.5 Å². The largest absolute Gasteiger partial charge is 0.350 e. The van der Waals surface area contributed by atoms with E-state index in [4.69, 9.17) is 0 Å². The van der Waals surface area contributed by atoms with Gasteiger partial charge in [-0.15, -0.1) is 0 Å². The van der Waals surface area contributed by atoms with Gasteiger partial charge in [-0.25, -0.2) is 4.98 Å². The van der Waals surface area contributed by atoms with E-state index < -0.39 is 0 Å². The predicted octanol–water partition coefficient (Wildman–Crippen LogP) is -0.706. The Morgan fingerprint density at radius 1 is 1.47 bits per heavy atom. The van der Waals surface area contributed by atoms with Crippen LogP contribution in [0.5, 0.6) is 0 Å². The number of carbonyl (C=O) groups is 1. The minimum absolute atomic E-state index is 0.0421. The highest BCUT2D eigenvalue weighted by Gasteiger charge is 2.09. The van der Waals surface area contributed by atoms with Crippen LogP contribution in [-0.2, 0) is 4.79 Å². The summed E-state index contributed by atoms with van der Waals surface area (Å²) in [6, 6.07) is 1.35. The first kappa shape index (κ1) is 11.2. The molecule has 0 atom stereocenters. The molecule has 82 valence electrons. The number of anilines is 1. The molecular weight excluding hydrogens is 196 g/mol. The standard InChI is InChI=1S/C9H14N4O2/c1-12(2)9(15)5-13(3)7-4-8(14)11-6-10-7/h4,6H,5H2,1-3H3,(H,10,11,14). The number of hydrogen-bond donors (Lipinski definition) is 1. The smallest absolute Gasteiger partial charge is 0.252 e. The minimum Gasteiger partial charge on any atom is -0.350 e. The van der Waals surface area contributed by atoms with E-state index in [-0.39, 0.29) is 18.0 Å². The molecule has 0 saturated heterocycles. The van der Waals surface area contributed by atoms with Crippen molar-refractivity contribution in [2.45, 2.75) is 0 Å². The van der Waals surface area contributed by atoms with Crippen molar-refractivity contribution in [1.82, 2.24) is 14.9 Å². The third-order valence-corrected chi connectivity index (χ3v) is 1.93. The van der Waals surface area contributed by atoms with Crippen LogP contribution in [0.2, 0.25) is 0 Å². The van der Waals surface area contributed by atoms with E-state index >= 15 is 0 Å². The summed E-state index contributed by atoms with van der Waals surface area (Å²) >= 11 is 0. The van der Waals surface area contributed by atoms with E-state index in [1.807, 2.05) is 0 Å². The van der Waals surface area contributed by atoms with Gasteiger partial charge in [-0.3, -0.25) is 9.59 Å². The Kier molecular flexibility index (Phi) is 3.43. The van der Waals surface area contributed by atoms with Gasteiger partial charge in [0.15, 0.2) is 0 Å². The molecule has 1 heterocycles. The number of carbonyl (C=O) groups excluding carboxylic acids is 1. The first-order valence-electron chi connectivity index (χ1n) is 4.46. The fourth-order valence-electron chi connectivity index (χ4n) is 0.992. The van der Waals surface area contributed by atoms with Crippen molar-refractivity contribution in [2.24, 2.45) is 0 Å². The maximum absolute atomic E-state index is 11.4. The molecule has 0 aliphatic heterocycles. The summed E-state index contributed by atoms with van der Waals surface area (Å²) < 4.78 is 0. The molecule has 0 saturated carbocycles. The van der Waals surface area contributed by atoms with Crippen LogP contribution in [0.1, 0.15) is 0 Å². The highest BCUT2D eigenvalue weighted by atomic mass is 16.2. The van der Waals surface area contributed by atoms with E-state index in [1.54, 1.807) is 26.0 Å². The van der Waals surface area contributed by atoms with E-state index in [0.717, 1.165) is 0 Å². The van der Waals surface area contributed by atoms with E-state index in [2.05, 4.69) is 9.97 Å². The van der Waals surface area contributed by atoms with Gasteiger partial charge in [0.05, 0.1) is 12.9 Å². The molecule has 0 aliphatic carbocycles. The summed E-state index contributed by atoms with van der Waals surface area (Å²) in [4.78, 5) is 31.9. The molecule has 0 aromatic carbocycles. The number of amides is 1. The molecular formula is C9H14N4O2. The summed E-state index contributed by atoms with van der Waals surface area (Å²) in [7, 11) is 5.08. The molecule has 1 aromatic heterocycles. The predicted molar refractivity (Wildman–Crippen MR) is 56.8 cm³/mol. The molecule has 0 unspecified atom stereocenters. The van der Waals surface area contributed by atoms with Crippen LogP contribution in [0.4, 0.5) is 5.82 Å². The number of H-pyrrole nitrogens is 1. The third-order valence-electron chi connectivity index (χ3n) is 1.93. The Bertz CT molecular complexity index is 399. The zero-order valence-electron chi connectivity index (χ0n) is 9.02. The zero-order chi connectivity index (χ0) is 11.4. The average Bonchev–Trinajstić information content (AvgIpc) is 2.17. The van der Waals surface area contributed by atoms with Gasteiger partial charge in [0.25, 0.3) is 5.56 Å². The monoisotopic (exact) mass is 210 g/mol. The first-order chi connectivity index (χ1) is 7.00. The average molecular weight is 210 g/mol. The second-order valence-corrected chi connectivity index (χ2v) is 3.41. The van der Waals surface area contributed by atoms with Crippen molar-refractivity contribution in [3.8, 4) is 0 Å². The van der Waals surface area contributed by atoms with Gasteiger partial charge in [-0.05, 0) is 0 Å². The van der Waals surface area contributed by atoms with Gasteiger partial charge in [0, 0.05) is 27.2 Å². The lowest BCUT2D eigenvalue weighted by molar-refractivity contribution is -0.127. The molecule has 1 rings (SSSR count). The zero-order valence-corrected chi connectivity index (χ0v) is 9.02. The van der Waals surface area contributed by atoms with E-state index in [1.165, 1.54) is 17.3 Å². The molecule has 0 aliphatic rings. The normalized spacial score (nSPS) is 9.80. The molecule has 15 heavy (non-hydrogen) atoms. The number of likely N-dealkylation sites (N-methyl/N-ethyl adjacent to an activating group) is 2. The van der Waals surface area contributed by atoms with E-state index in [0.29, 0.717) is 5.82 Å². The summed E-state index contributed by atoms with van der Waals surface area (Å²) in [5.74, 6) is 0.438. The Morgan fingerprint density at radius 3 is 2.67 bits per heavy atom. The molecule has 0 fully saturated rings. The maximum Gasteiger partial charge on any atom is 0.252 e. The third kappa shape index (κ3) is 3.08. The number of nitrogens with zero attached hydrogens (tertiary/aromatic N) is 3. The molecule has 0 bridgehead atoms. The summed E-state index contributed by atoms with van der Waals surface area (Å²) in [5.41, 5.74) is -0.232. The van der Waals surface area contributed by atoms with Crippen LogP contribution in [0.15, 0.2) is 17.2 Å². The number of hydrogen-bond acceptors (Lipinski definition) is 4. The van der Waals surface area contributed by atoms with Gasteiger partial charge in [0.2, 0.25) is 5.91 Å². The van der Waals surface area contributed by atoms with Crippen molar-refractivity contribution in [1.29, 1.82) is 0 Å². The van der Waals surface area contributed by atoms with Crippen molar-refractivity contribution in [3.63, 3.8) is 0 Å². The SMILES string of the molecule is CN(C)C(=O)CN(C)c1cc(=O)[nH]cn1. The minimum atomic E-state index is -0.232.